The van der Waals surface area contributed by atoms with Gasteiger partial charge in [0, 0.05) is 27.2 Å². The summed E-state index contributed by atoms with van der Waals surface area (Å²) in [6, 6.07) is 0. The van der Waals surface area contributed by atoms with Gasteiger partial charge in [-0.1, -0.05) is 0 Å². The number of hydrogen-bond acceptors (Lipinski definition) is 3. The van der Waals surface area contributed by atoms with E-state index in [-0.39, 0.29) is 11.5 Å². The molecule has 1 N–H and O–H groups in total. The van der Waals surface area contributed by atoms with E-state index < -0.39 is 0 Å². The van der Waals surface area contributed by atoms with Crippen LogP contribution in [0, 0.1) is 0 Å². The number of aliphatic hydroxyl groups excluding tert-OH is 1. The SMILES string of the molecule is CC(=O)/C(O)=C\N(C)C. The summed E-state index contributed by atoms with van der Waals surface area (Å²) in [4.78, 5) is 11.9. The number of Topliss-reactive ketones (excluding diaryl/α,β-unsaturated/α-hetero) is 1. The molecule has 0 atom stereocenters. The van der Waals surface area contributed by atoms with Crippen molar-refractivity contribution in [3.63, 3.8) is 0 Å². The molecule has 0 bridgehead atoms. The molecule has 52 valence electrons. The van der Waals surface area contributed by atoms with Crippen LogP contribution < -0.4 is 0 Å². The van der Waals surface area contributed by atoms with E-state index in [1.807, 2.05) is 0 Å². The van der Waals surface area contributed by atoms with Crippen LogP contribution in [0.25, 0.3) is 0 Å². The van der Waals surface area contributed by atoms with Crippen LogP contribution in [0.15, 0.2) is 12.0 Å². The molecule has 0 aromatic heterocycles. The minimum absolute atomic E-state index is 0.208. The lowest BCUT2D eigenvalue weighted by molar-refractivity contribution is -0.116. The predicted octanol–water partition coefficient (Wildman–Crippen LogP) is 0.536. The van der Waals surface area contributed by atoms with Gasteiger partial charge in [0.2, 0.25) is 0 Å². The molecule has 0 saturated carbocycles. The van der Waals surface area contributed by atoms with Gasteiger partial charge in [0.1, 0.15) is 0 Å². The number of rotatable bonds is 2. The number of nitrogens with zero attached hydrogens (tertiary/aromatic N) is 1. The van der Waals surface area contributed by atoms with Gasteiger partial charge in [-0.05, 0) is 0 Å². The van der Waals surface area contributed by atoms with Crippen molar-refractivity contribution in [1.82, 2.24) is 4.90 Å². The Morgan fingerprint density at radius 1 is 1.56 bits per heavy atom. The van der Waals surface area contributed by atoms with Crippen molar-refractivity contribution in [2.24, 2.45) is 0 Å². The highest BCUT2D eigenvalue weighted by Gasteiger charge is 1.97. The van der Waals surface area contributed by atoms with E-state index in [9.17, 15) is 4.79 Å². The Morgan fingerprint density at radius 2 is 2.00 bits per heavy atom. The second kappa shape index (κ2) is 3.12. The molecular weight excluding hydrogens is 118 g/mol. The predicted molar refractivity (Wildman–Crippen MR) is 35.1 cm³/mol. The van der Waals surface area contributed by atoms with Crippen LogP contribution in [0.1, 0.15) is 6.92 Å². The third kappa shape index (κ3) is 3.58. The molecule has 0 aromatic rings. The molecule has 0 rings (SSSR count). The van der Waals surface area contributed by atoms with E-state index in [0.29, 0.717) is 0 Å². The first-order valence-corrected chi connectivity index (χ1v) is 2.62. The van der Waals surface area contributed by atoms with Crippen LogP contribution in [0.3, 0.4) is 0 Å². The monoisotopic (exact) mass is 129 g/mol. The second-order valence-corrected chi connectivity index (χ2v) is 2.03. The van der Waals surface area contributed by atoms with Crippen molar-refractivity contribution < 1.29 is 9.90 Å². The Labute approximate surface area is 54.6 Å². The van der Waals surface area contributed by atoms with E-state index in [2.05, 4.69) is 0 Å². The highest BCUT2D eigenvalue weighted by atomic mass is 16.3. The molecule has 0 aliphatic carbocycles. The average molecular weight is 129 g/mol. The summed E-state index contributed by atoms with van der Waals surface area (Å²) in [7, 11) is 3.47. The largest absolute Gasteiger partial charge is 0.503 e. The maximum atomic E-state index is 10.3. The van der Waals surface area contributed by atoms with E-state index in [4.69, 9.17) is 5.11 Å². The van der Waals surface area contributed by atoms with Crippen molar-refractivity contribution in [3.05, 3.63) is 12.0 Å². The molecule has 3 nitrogen and oxygen atoms in total. The standard InChI is InChI=1S/C6H11NO2/c1-5(8)6(9)4-7(2)3/h4,9H,1-3H3/b6-4+. The van der Waals surface area contributed by atoms with Gasteiger partial charge in [0.15, 0.2) is 11.5 Å². The fraction of sp³-hybridized carbons (Fsp3) is 0.500. The van der Waals surface area contributed by atoms with Gasteiger partial charge in [-0.3, -0.25) is 4.79 Å². The third-order valence-corrected chi connectivity index (χ3v) is 0.741. The first kappa shape index (κ1) is 8.01. The molecule has 9 heavy (non-hydrogen) atoms. The third-order valence-electron chi connectivity index (χ3n) is 0.741. The van der Waals surface area contributed by atoms with Crippen LogP contribution in [0.5, 0.6) is 0 Å². The lowest BCUT2D eigenvalue weighted by Crippen LogP contribution is -2.06. The van der Waals surface area contributed by atoms with E-state index in [1.54, 1.807) is 19.0 Å². The summed E-state index contributed by atoms with van der Waals surface area (Å²) in [5, 5.41) is 8.77. The van der Waals surface area contributed by atoms with Gasteiger partial charge in [0.25, 0.3) is 0 Å². The van der Waals surface area contributed by atoms with Crippen molar-refractivity contribution >= 4 is 5.78 Å². The maximum absolute atomic E-state index is 10.3. The van der Waals surface area contributed by atoms with E-state index in [0.717, 1.165) is 0 Å². The van der Waals surface area contributed by atoms with Crippen molar-refractivity contribution in [2.45, 2.75) is 6.92 Å². The molecule has 0 aliphatic heterocycles. The van der Waals surface area contributed by atoms with Gasteiger partial charge >= 0.3 is 0 Å². The molecule has 0 unspecified atom stereocenters. The van der Waals surface area contributed by atoms with Crippen LogP contribution in [0.4, 0.5) is 0 Å². The zero-order valence-corrected chi connectivity index (χ0v) is 5.88. The number of allylic oxidation sites excluding steroid dienone is 1. The van der Waals surface area contributed by atoms with Gasteiger partial charge in [-0.15, -0.1) is 0 Å². The molecule has 0 amide bonds. The second-order valence-electron chi connectivity index (χ2n) is 2.03. The molecule has 0 aromatic carbocycles. The number of carbonyl (C=O) groups excluding carboxylic acids is 1. The topological polar surface area (TPSA) is 40.5 Å². The summed E-state index contributed by atoms with van der Waals surface area (Å²) < 4.78 is 0. The molecule has 0 aliphatic rings. The van der Waals surface area contributed by atoms with Gasteiger partial charge in [0.05, 0.1) is 0 Å². The Kier molecular flexibility index (Phi) is 2.78. The molecule has 0 spiro atoms. The first-order valence-electron chi connectivity index (χ1n) is 2.62. The zero-order chi connectivity index (χ0) is 7.44. The van der Waals surface area contributed by atoms with Crippen LogP contribution >= 0.6 is 0 Å². The fourth-order valence-corrected chi connectivity index (χ4v) is 0.335. The number of hydrogen-bond donors (Lipinski definition) is 1. The number of aliphatic hydroxyl groups is 1. The van der Waals surface area contributed by atoms with Gasteiger partial charge < -0.3 is 10.0 Å². The maximum Gasteiger partial charge on any atom is 0.195 e. The Hall–Kier alpha value is -0.990. The summed E-state index contributed by atoms with van der Waals surface area (Å²) in [6.45, 7) is 1.31. The highest BCUT2D eigenvalue weighted by Crippen LogP contribution is 1.89. The smallest absolute Gasteiger partial charge is 0.195 e. The van der Waals surface area contributed by atoms with Gasteiger partial charge in [-0.25, -0.2) is 0 Å². The quantitative estimate of drug-likeness (QED) is 0.437. The molecular formula is C6H11NO2. The summed E-state index contributed by atoms with van der Waals surface area (Å²) >= 11 is 0. The first-order chi connectivity index (χ1) is 4.04. The van der Waals surface area contributed by atoms with Gasteiger partial charge in [-0.2, -0.15) is 0 Å². The number of carbonyl (C=O) groups is 1. The lowest BCUT2D eigenvalue weighted by Gasteiger charge is -2.03. The van der Waals surface area contributed by atoms with Crippen molar-refractivity contribution in [3.8, 4) is 0 Å². The summed E-state index contributed by atoms with van der Waals surface area (Å²) in [5.41, 5.74) is 0. The minimum atomic E-state index is -0.316. The lowest BCUT2D eigenvalue weighted by atomic mass is 10.4. The Bertz CT molecular complexity index is 138. The molecule has 0 radical (unpaired) electrons. The van der Waals surface area contributed by atoms with Crippen LogP contribution in [-0.4, -0.2) is 29.9 Å². The molecule has 0 heterocycles. The van der Waals surface area contributed by atoms with Crippen molar-refractivity contribution in [2.75, 3.05) is 14.1 Å². The summed E-state index contributed by atoms with van der Waals surface area (Å²) in [6.07, 6.45) is 1.36. The van der Waals surface area contributed by atoms with E-state index in [1.165, 1.54) is 13.1 Å². The Morgan fingerprint density at radius 3 is 2.11 bits per heavy atom. The molecule has 0 fully saturated rings. The number of ketones is 1. The fourth-order valence-electron chi connectivity index (χ4n) is 0.335. The Balaban J connectivity index is 4.00. The zero-order valence-electron chi connectivity index (χ0n) is 5.88. The van der Waals surface area contributed by atoms with Crippen molar-refractivity contribution in [1.29, 1.82) is 0 Å². The minimum Gasteiger partial charge on any atom is -0.503 e. The highest BCUT2D eigenvalue weighted by molar-refractivity contribution is 5.90. The van der Waals surface area contributed by atoms with E-state index >= 15 is 0 Å². The normalized spacial score (nSPS) is 11.2. The average Bonchev–Trinajstić information content (AvgIpc) is 1.63. The van der Waals surface area contributed by atoms with Crippen LogP contribution in [-0.2, 0) is 4.79 Å². The summed E-state index contributed by atoms with van der Waals surface area (Å²) in [5.74, 6) is -0.524. The molecule has 3 heteroatoms. The van der Waals surface area contributed by atoms with Crippen LogP contribution in [0.2, 0.25) is 0 Å². The molecule has 0 saturated heterocycles.